The summed E-state index contributed by atoms with van der Waals surface area (Å²) >= 11 is 2.79. The fourth-order valence-corrected chi connectivity index (χ4v) is 9.40. The highest BCUT2D eigenvalue weighted by molar-refractivity contribution is 7.26. The lowest BCUT2D eigenvalue weighted by molar-refractivity contribution is 1.08. The highest BCUT2D eigenvalue weighted by Gasteiger charge is 2.20. The van der Waals surface area contributed by atoms with Gasteiger partial charge in [-0.1, -0.05) is 152 Å². The highest BCUT2D eigenvalue weighted by Crippen LogP contribution is 2.43. The van der Waals surface area contributed by atoms with E-state index < -0.39 is 0 Å². The third kappa shape index (κ3) is 5.77. The Kier molecular flexibility index (Phi) is 6.48. The van der Waals surface area contributed by atoms with Crippen LogP contribution in [0.15, 0.2) is 188 Å². The van der Waals surface area contributed by atoms with Crippen LogP contribution in [0.4, 0.5) is 0 Å². The van der Waals surface area contributed by atoms with Crippen LogP contribution in [0.5, 0.6) is 0 Å². The van der Waals surface area contributed by atoms with Crippen molar-refractivity contribution in [1.29, 1.82) is 0 Å². The summed E-state index contributed by atoms with van der Waals surface area (Å²) in [6.45, 7) is 0. The molecule has 0 radical (unpaired) electrons. The van der Waals surface area contributed by atoms with Crippen molar-refractivity contribution in [2.45, 2.75) is 0 Å². The van der Waals surface area contributed by atoms with Gasteiger partial charge in [-0.2, -0.15) is 0 Å². The third-order valence-electron chi connectivity index (χ3n) is 10.0. The van der Waals surface area contributed by atoms with Crippen molar-refractivity contribution in [1.82, 2.24) is 15.0 Å². The average Bonchev–Trinajstić information content (AvgIpc) is 3.91. The van der Waals surface area contributed by atoms with E-state index in [4.69, 9.17) is 17.7 Å². The molecule has 56 heavy (non-hydrogen) atoms. The molecule has 0 bridgehead atoms. The number of aromatic nitrogens is 3. The Labute approximate surface area is 340 Å². The SMILES string of the molecule is [2H]c1c(-c2ccccc2)c([2H])c2c(sc3c([2H])c(-c4nc(-c5ccc(-c6ccccc6)cc5)nc(-c5cc(-c6ccccc6)cc6sc7ccccc7c56)n4)c([2H])c([2H])c32)c1[2H]. The summed E-state index contributed by atoms with van der Waals surface area (Å²) < 4.78 is 58.9. The number of benzene rings is 8. The molecule has 0 amide bonds. The van der Waals surface area contributed by atoms with Crippen LogP contribution in [0, 0.1) is 0 Å². The van der Waals surface area contributed by atoms with E-state index in [0.29, 0.717) is 37.6 Å². The van der Waals surface area contributed by atoms with Gasteiger partial charge in [0.25, 0.3) is 0 Å². The van der Waals surface area contributed by atoms with Crippen molar-refractivity contribution in [2.75, 3.05) is 0 Å². The summed E-state index contributed by atoms with van der Waals surface area (Å²) in [6.07, 6.45) is 0. The summed E-state index contributed by atoms with van der Waals surface area (Å²) in [5, 5.41) is 2.58. The largest absolute Gasteiger partial charge is 0.208 e. The van der Waals surface area contributed by atoms with Crippen molar-refractivity contribution >= 4 is 63.0 Å². The fourth-order valence-electron chi connectivity index (χ4n) is 7.26. The Morgan fingerprint density at radius 3 is 1.62 bits per heavy atom. The Balaban J connectivity index is 1.19. The first kappa shape index (κ1) is 26.9. The summed E-state index contributed by atoms with van der Waals surface area (Å²) in [7, 11) is 0. The quantitative estimate of drug-likeness (QED) is 0.170. The topological polar surface area (TPSA) is 38.7 Å². The molecule has 0 aliphatic carbocycles. The normalized spacial score (nSPS) is 13.1. The predicted octanol–water partition coefficient (Wildman–Crippen LogP) is 14.6. The average molecular weight is 756 g/mol. The van der Waals surface area contributed by atoms with Crippen molar-refractivity contribution in [3.8, 4) is 67.5 Å². The molecule has 0 aliphatic rings. The van der Waals surface area contributed by atoms with Gasteiger partial charge in [0, 0.05) is 57.0 Å². The molecular weight excluding hydrogens is 719 g/mol. The minimum Gasteiger partial charge on any atom is -0.208 e. The first-order chi connectivity index (χ1) is 30.2. The maximum Gasteiger partial charge on any atom is 0.164 e. The second-order valence-corrected chi connectivity index (χ2v) is 15.6. The zero-order valence-corrected chi connectivity index (χ0v) is 31.2. The van der Waals surface area contributed by atoms with E-state index in [2.05, 4.69) is 48.5 Å². The molecule has 0 atom stereocenters. The molecule has 262 valence electrons. The van der Waals surface area contributed by atoms with Crippen molar-refractivity contribution < 1.29 is 8.22 Å². The molecule has 0 saturated carbocycles. The van der Waals surface area contributed by atoms with E-state index >= 15 is 0 Å². The zero-order valence-electron chi connectivity index (χ0n) is 35.6. The summed E-state index contributed by atoms with van der Waals surface area (Å²) in [5.74, 6) is 0.775. The van der Waals surface area contributed by atoms with Gasteiger partial charge in [0.2, 0.25) is 0 Å². The highest BCUT2D eigenvalue weighted by atomic mass is 32.1. The van der Waals surface area contributed by atoms with Crippen LogP contribution in [0.3, 0.4) is 0 Å². The van der Waals surface area contributed by atoms with Gasteiger partial charge in [-0.3, -0.25) is 0 Å². The Morgan fingerprint density at radius 1 is 0.339 bits per heavy atom. The number of hydrogen-bond donors (Lipinski definition) is 0. The molecule has 0 N–H and O–H groups in total. The Hall–Kier alpha value is -6.79. The van der Waals surface area contributed by atoms with Crippen LogP contribution in [0.1, 0.15) is 8.22 Å². The monoisotopic (exact) mass is 755 g/mol. The molecule has 0 spiro atoms. The molecule has 5 heteroatoms. The molecule has 11 aromatic rings. The maximum absolute atomic E-state index is 9.73. The van der Waals surface area contributed by atoms with Crippen LogP contribution >= 0.6 is 22.7 Å². The van der Waals surface area contributed by atoms with E-state index in [9.17, 15) is 5.48 Å². The van der Waals surface area contributed by atoms with Gasteiger partial charge in [-0.05, 0) is 69.7 Å². The van der Waals surface area contributed by atoms with Gasteiger partial charge in [-0.15, -0.1) is 22.7 Å². The lowest BCUT2D eigenvalue weighted by Gasteiger charge is -2.12. The molecule has 0 unspecified atom stereocenters. The van der Waals surface area contributed by atoms with Crippen LogP contribution in [0.25, 0.3) is 108 Å². The van der Waals surface area contributed by atoms with Gasteiger partial charge in [-0.25, -0.2) is 15.0 Å². The fraction of sp³-hybridized carbons (Fsp3) is 0. The molecule has 8 aromatic carbocycles. The molecule has 11 rings (SSSR count). The summed E-state index contributed by atoms with van der Waals surface area (Å²) in [5.41, 5.74) is 6.53. The van der Waals surface area contributed by atoms with Gasteiger partial charge < -0.3 is 0 Å². The molecule has 0 aliphatic heterocycles. The second-order valence-electron chi connectivity index (χ2n) is 13.5. The number of hydrogen-bond acceptors (Lipinski definition) is 5. The van der Waals surface area contributed by atoms with Crippen molar-refractivity contribution in [3.63, 3.8) is 0 Å². The minimum atomic E-state index is -0.268. The smallest absolute Gasteiger partial charge is 0.164 e. The molecule has 0 fully saturated rings. The van der Waals surface area contributed by atoms with E-state index in [0.717, 1.165) is 59.3 Å². The second kappa shape index (κ2) is 13.5. The molecule has 0 saturated heterocycles. The van der Waals surface area contributed by atoms with E-state index in [1.54, 1.807) is 23.5 Å². The molecular formula is C51H31N3S2. The van der Waals surface area contributed by atoms with Gasteiger partial charge >= 0.3 is 0 Å². The van der Waals surface area contributed by atoms with Crippen LogP contribution in [-0.4, -0.2) is 15.0 Å². The molecule has 3 heterocycles. The van der Waals surface area contributed by atoms with Crippen LogP contribution < -0.4 is 0 Å². The minimum absolute atomic E-state index is 0.00696. The lowest BCUT2D eigenvalue weighted by Crippen LogP contribution is -2.00. The summed E-state index contributed by atoms with van der Waals surface area (Å²) in [4.78, 5) is 15.3. The van der Waals surface area contributed by atoms with E-state index in [-0.39, 0.29) is 58.6 Å². The third-order valence-corrected chi connectivity index (χ3v) is 12.1. The lowest BCUT2D eigenvalue weighted by atomic mass is 9.98. The Bertz CT molecular complexity index is 3580. The standard InChI is InChI=1S/C51H31N3S2/c1-4-12-32(13-5-1)35-20-22-36(23-21-35)49-52-50(38-24-26-40-42-28-37(33-14-6-2-7-15-33)25-27-45(42)55-46(40)30-38)54-51(53-49)43-29-39(34-16-8-3-9-17-34)31-47-48(43)41-18-10-11-19-44(41)56-47/h1-31H/i24D,25D,26D,27D,28D,30D. The number of rotatable bonds is 6. The van der Waals surface area contributed by atoms with Crippen molar-refractivity contribution in [2.24, 2.45) is 0 Å². The van der Waals surface area contributed by atoms with Crippen LogP contribution in [0.2, 0.25) is 0 Å². The van der Waals surface area contributed by atoms with E-state index in [1.165, 1.54) is 0 Å². The van der Waals surface area contributed by atoms with Gasteiger partial charge in [0.1, 0.15) is 0 Å². The zero-order chi connectivity index (χ0) is 42.2. The first-order valence-electron chi connectivity index (χ1n) is 21.2. The number of nitrogens with zero attached hydrogens (tertiary/aromatic N) is 3. The first-order valence-corrected chi connectivity index (χ1v) is 19.8. The molecule has 3 nitrogen and oxygen atoms in total. The maximum atomic E-state index is 9.73. The summed E-state index contributed by atoms with van der Waals surface area (Å²) in [6, 6.07) is 49.1. The van der Waals surface area contributed by atoms with E-state index in [1.807, 2.05) is 91.0 Å². The number of fused-ring (bicyclic) bond motifs is 6. The van der Waals surface area contributed by atoms with Crippen molar-refractivity contribution in [3.05, 3.63) is 188 Å². The predicted molar refractivity (Wildman–Crippen MR) is 238 cm³/mol. The number of thiophene rings is 2. The Morgan fingerprint density at radius 2 is 0.893 bits per heavy atom. The van der Waals surface area contributed by atoms with Gasteiger partial charge in [0.05, 0.1) is 8.22 Å². The van der Waals surface area contributed by atoms with Gasteiger partial charge in [0.15, 0.2) is 17.5 Å². The van der Waals surface area contributed by atoms with Crippen LogP contribution in [-0.2, 0) is 0 Å². The molecule has 3 aromatic heterocycles.